The summed E-state index contributed by atoms with van der Waals surface area (Å²) in [4.78, 5) is 25.1. The SMILES string of the molecule is CCCCCCC1C(=O)OC1CCCCN(C(=O)O)c1ccccc1Oc1ccccc1. The van der Waals surface area contributed by atoms with Crippen molar-refractivity contribution in [3.63, 3.8) is 0 Å². The lowest BCUT2D eigenvalue weighted by Crippen LogP contribution is -2.45. The van der Waals surface area contributed by atoms with Crippen LogP contribution in [0.4, 0.5) is 10.5 Å². The summed E-state index contributed by atoms with van der Waals surface area (Å²) in [5, 5.41) is 9.80. The molecule has 1 aliphatic rings. The van der Waals surface area contributed by atoms with Gasteiger partial charge in [0, 0.05) is 6.54 Å². The van der Waals surface area contributed by atoms with Crippen LogP contribution in [0.25, 0.3) is 0 Å². The molecule has 1 heterocycles. The van der Waals surface area contributed by atoms with Crippen molar-refractivity contribution >= 4 is 17.7 Å². The molecule has 1 fully saturated rings. The average Bonchev–Trinajstić information content (AvgIpc) is 2.79. The van der Waals surface area contributed by atoms with Crippen molar-refractivity contribution in [2.75, 3.05) is 11.4 Å². The Balaban J connectivity index is 1.51. The van der Waals surface area contributed by atoms with Crippen molar-refractivity contribution < 1.29 is 24.2 Å². The van der Waals surface area contributed by atoms with Gasteiger partial charge in [-0.25, -0.2) is 4.79 Å². The monoisotopic (exact) mass is 439 g/mol. The second-order valence-electron chi connectivity index (χ2n) is 8.24. The molecule has 1 aliphatic heterocycles. The molecule has 1 saturated heterocycles. The molecule has 3 rings (SSSR count). The normalized spacial score (nSPS) is 17.3. The van der Waals surface area contributed by atoms with E-state index in [2.05, 4.69) is 6.92 Å². The molecule has 32 heavy (non-hydrogen) atoms. The molecular formula is C26H33NO5. The van der Waals surface area contributed by atoms with E-state index in [1.165, 1.54) is 17.7 Å². The fraction of sp³-hybridized carbons (Fsp3) is 0.462. The van der Waals surface area contributed by atoms with Crippen LogP contribution in [0.15, 0.2) is 54.6 Å². The fourth-order valence-corrected chi connectivity index (χ4v) is 4.07. The Morgan fingerprint density at radius 3 is 2.41 bits per heavy atom. The van der Waals surface area contributed by atoms with Gasteiger partial charge in [0.15, 0.2) is 5.75 Å². The zero-order chi connectivity index (χ0) is 22.8. The Kier molecular flexibility index (Phi) is 8.96. The van der Waals surface area contributed by atoms with Gasteiger partial charge in [-0.3, -0.25) is 9.69 Å². The molecule has 2 aromatic rings. The number of carboxylic acid groups (broad SMARTS) is 1. The Labute approximate surface area is 190 Å². The van der Waals surface area contributed by atoms with E-state index in [0.717, 1.165) is 32.1 Å². The lowest BCUT2D eigenvalue weighted by Gasteiger charge is -2.35. The number of benzene rings is 2. The highest BCUT2D eigenvalue weighted by Gasteiger charge is 2.40. The van der Waals surface area contributed by atoms with Crippen molar-refractivity contribution in [2.45, 2.75) is 64.4 Å². The number of hydrogen-bond donors (Lipinski definition) is 1. The number of amides is 1. The van der Waals surface area contributed by atoms with Crippen LogP contribution in [0.2, 0.25) is 0 Å². The molecule has 2 atom stereocenters. The number of nitrogens with zero attached hydrogens (tertiary/aromatic N) is 1. The zero-order valence-electron chi connectivity index (χ0n) is 18.7. The second kappa shape index (κ2) is 12.1. The van der Waals surface area contributed by atoms with E-state index in [0.29, 0.717) is 30.2 Å². The van der Waals surface area contributed by atoms with Crippen molar-refractivity contribution in [1.82, 2.24) is 0 Å². The molecule has 6 nitrogen and oxygen atoms in total. The Morgan fingerprint density at radius 1 is 0.969 bits per heavy atom. The largest absolute Gasteiger partial charge is 0.465 e. The van der Waals surface area contributed by atoms with E-state index in [9.17, 15) is 14.7 Å². The van der Waals surface area contributed by atoms with Crippen molar-refractivity contribution in [3.05, 3.63) is 54.6 Å². The average molecular weight is 440 g/mol. The summed E-state index contributed by atoms with van der Waals surface area (Å²) in [5.74, 6) is 1.09. The minimum absolute atomic E-state index is 0.0161. The Morgan fingerprint density at radius 2 is 1.69 bits per heavy atom. The number of carbonyl (C=O) groups is 2. The smallest absolute Gasteiger partial charge is 0.411 e. The van der Waals surface area contributed by atoms with Gasteiger partial charge in [-0.1, -0.05) is 62.9 Å². The molecule has 0 aromatic heterocycles. The van der Waals surface area contributed by atoms with E-state index < -0.39 is 6.09 Å². The van der Waals surface area contributed by atoms with Gasteiger partial charge >= 0.3 is 12.1 Å². The maximum atomic E-state index is 12.0. The van der Waals surface area contributed by atoms with Gasteiger partial charge in [0.1, 0.15) is 11.9 Å². The van der Waals surface area contributed by atoms with E-state index in [1.807, 2.05) is 36.4 Å². The fourth-order valence-electron chi connectivity index (χ4n) is 4.07. The summed E-state index contributed by atoms with van der Waals surface area (Å²) in [6.07, 6.45) is 6.73. The van der Waals surface area contributed by atoms with Crippen LogP contribution in [0, 0.1) is 5.92 Å². The molecule has 172 valence electrons. The van der Waals surface area contributed by atoms with Gasteiger partial charge in [-0.05, 0) is 49.9 Å². The van der Waals surface area contributed by atoms with Gasteiger partial charge in [-0.15, -0.1) is 0 Å². The highest BCUT2D eigenvalue weighted by atomic mass is 16.6. The predicted octanol–water partition coefficient (Wildman–Crippen LogP) is 6.65. The summed E-state index contributed by atoms with van der Waals surface area (Å²) in [6, 6.07) is 16.5. The van der Waals surface area contributed by atoms with Crippen LogP contribution < -0.4 is 9.64 Å². The first-order valence-electron chi connectivity index (χ1n) is 11.6. The molecule has 1 N–H and O–H groups in total. The number of carbonyl (C=O) groups excluding carboxylic acids is 1. The van der Waals surface area contributed by atoms with E-state index in [1.54, 1.807) is 18.2 Å². The van der Waals surface area contributed by atoms with Crippen LogP contribution in [-0.4, -0.2) is 29.8 Å². The third-order valence-electron chi connectivity index (χ3n) is 5.87. The number of cyclic esters (lactones) is 1. The number of unbranched alkanes of at least 4 members (excludes halogenated alkanes) is 4. The minimum Gasteiger partial charge on any atom is -0.465 e. The Bertz CT molecular complexity index is 870. The van der Waals surface area contributed by atoms with Crippen LogP contribution in [0.5, 0.6) is 11.5 Å². The number of anilines is 1. The lowest BCUT2D eigenvalue weighted by atomic mass is 9.87. The molecule has 1 amide bonds. The second-order valence-corrected chi connectivity index (χ2v) is 8.24. The first-order valence-corrected chi connectivity index (χ1v) is 11.6. The van der Waals surface area contributed by atoms with Gasteiger partial charge in [0.05, 0.1) is 11.6 Å². The van der Waals surface area contributed by atoms with Crippen LogP contribution in [0.3, 0.4) is 0 Å². The summed E-state index contributed by atoms with van der Waals surface area (Å²) >= 11 is 0. The Hall–Kier alpha value is -3.02. The van der Waals surface area contributed by atoms with Gasteiger partial charge < -0.3 is 14.6 Å². The zero-order valence-corrected chi connectivity index (χ0v) is 18.7. The van der Waals surface area contributed by atoms with Crippen LogP contribution >= 0.6 is 0 Å². The number of hydrogen-bond acceptors (Lipinski definition) is 4. The number of ether oxygens (including phenoxy) is 2. The maximum absolute atomic E-state index is 12.0. The molecule has 0 bridgehead atoms. The van der Waals surface area contributed by atoms with Crippen molar-refractivity contribution in [2.24, 2.45) is 5.92 Å². The van der Waals surface area contributed by atoms with Gasteiger partial charge in [0.25, 0.3) is 0 Å². The lowest BCUT2D eigenvalue weighted by molar-refractivity contribution is -0.186. The third-order valence-corrected chi connectivity index (χ3v) is 5.87. The summed E-state index contributed by atoms with van der Waals surface area (Å²) in [5.41, 5.74) is 0.521. The van der Waals surface area contributed by atoms with Gasteiger partial charge in [0.2, 0.25) is 0 Å². The third kappa shape index (κ3) is 6.49. The first-order chi connectivity index (χ1) is 15.6. The number of para-hydroxylation sites is 3. The number of esters is 1. The van der Waals surface area contributed by atoms with Crippen LogP contribution in [-0.2, 0) is 9.53 Å². The van der Waals surface area contributed by atoms with Crippen LogP contribution in [0.1, 0.15) is 58.3 Å². The molecule has 0 spiro atoms. The number of rotatable bonds is 13. The molecule has 2 aromatic carbocycles. The minimum atomic E-state index is -1.02. The first kappa shape index (κ1) is 23.6. The standard InChI is InChI=1S/C26H33NO5/c1-2-3-4-8-15-21-23(32-25(21)28)17-11-12-19-27(26(29)30)22-16-9-10-18-24(22)31-20-13-6-5-7-14-20/h5-7,9-10,13-14,16,18,21,23H,2-4,8,11-12,15,17,19H2,1H3,(H,29,30). The van der Waals surface area contributed by atoms with Gasteiger partial charge in [-0.2, -0.15) is 0 Å². The topological polar surface area (TPSA) is 76.1 Å². The summed E-state index contributed by atoms with van der Waals surface area (Å²) in [7, 11) is 0. The van der Waals surface area contributed by atoms with E-state index in [4.69, 9.17) is 9.47 Å². The van der Waals surface area contributed by atoms with Crippen molar-refractivity contribution in [3.8, 4) is 11.5 Å². The highest BCUT2D eigenvalue weighted by molar-refractivity contribution is 5.88. The molecule has 0 aliphatic carbocycles. The van der Waals surface area contributed by atoms with E-state index >= 15 is 0 Å². The molecular weight excluding hydrogens is 406 g/mol. The molecule has 0 saturated carbocycles. The maximum Gasteiger partial charge on any atom is 0.411 e. The quantitative estimate of drug-likeness (QED) is 0.279. The van der Waals surface area contributed by atoms with Crippen molar-refractivity contribution in [1.29, 1.82) is 0 Å². The summed E-state index contributed by atoms with van der Waals surface area (Å²) in [6.45, 7) is 2.53. The van der Waals surface area contributed by atoms with E-state index in [-0.39, 0.29) is 18.0 Å². The molecule has 0 radical (unpaired) electrons. The highest BCUT2D eigenvalue weighted by Crippen LogP contribution is 2.34. The molecule has 6 heteroatoms. The predicted molar refractivity (Wildman–Crippen MR) is 124 cm³/mol. The molecule has 2 unspecified atom stereocenters. The summed E-state index contributed by atoms with van der Waals surface area (Å²) < 4.78 is 11.3.